The average Bonchev–Trinajstić information content (AvgIpc) is 2.43. The molecule has 0 aromatic heterocycles. The van der Waals surface area contributed by atoms with Gasteiger partial charge in [-0.1, -0.05) is 57.9 Å². The number of rotatable bonds is 5. The summed E-state index contributed by atoms with van der Waals surface area (Å²) in [5.74, 6) is -0.00912. The minimum absolute atomic E-state index is 0.00912. The van der Waals surface area contributed by atoms with Gasteiger partial charge in [0.2, 0.25) is 5.91 Å². The summed E-state index contributed by atoms with van der Waals surface area (Å²) in [4.78, 5) is 11.9. The molecule has 0 radical (unpaired) electrons. The minimum Gasteiger partial charge on any atom is -0.325 e. The van der Waals surface area contributed by atoms with Crippen LogP contribution < -0.4 is 5.32 Å². The second-order valence-corrected chi connectivity index (χ2v) is 5.83. The zero-order valence-electron chi connectivity index (χ0n) is 10.9. The van der Waals surface area contributed by atoms with Crippen molar-refractivity contribution < 1.29 is 4.79 Å². The third kappa shape index (κ3) is 4.66. The Kier molecular flexibility index (Phi) is 5.62. The number of aryl methyl sites for hydroxylation is 1. The average molecular weight is 353 g/mol. The van der Waals surface area contributed by atoms with E-state index in [1.165, 1.54) is 5.56 Å². The molecule has 4 heteroatoms. The van der Waals surface area contributed by atoms with Gasteiger partial charge >= 0.3 is 0 Å². The van der Waals surface area contributed by atoms with Crippen molar-refractivity contribution in [1.29, 1.82) is 0 Å². The topological polar surface area (TPSA) is 29.1 Å². The molecule has 0 saturated heterocycles. The molecule has 2 aromatic carbocycles. The van der Waals surface area contributed by atoms with Crippen molar-refractivity contribution in [2.45, 2.75) is 19.3 Å². The maximum Gasteiger partial charge on any atom is 0.224 e. The Bertz CT molecular complexity index is 586. The van der Waals surface area contributed by atoms with Crippen LogP contribution in [0.4, 0.5) is 5.69 Å². The van der Waals surface area contributed by atoms with Crippen LogP contribution in [-0.4, -0.2) is 5.91 Å². The van der Waals surface area contributed by atoms with E-state index in [0.29, 0.717) is 17.1 Å². The first kappa shape index (κ1) is 15.1. The molecule has 1 amide bonds. The highest BCUT2D eigenvalue weighted by atomic mass is 79.9. The number of hydrogen-bond acceptors (Lipinski definition) is 1. The van der Waals surface area contributed by atoms with Crippen LogP contribution in [0.15, 0.2) is 53.0 Å². The Morgan fingerprint density at radius 3 is 2.60 bits per heavy atom. The van der Waals surface area contributed by atoms with E-state index in [-0.39, 0.29) is 5.91 Å². The quantitative estimate of drug-likeness (QED) is 0.800. The Balaban J connectivity index is 1.81. The molecule has 0 spiro atoms. The smallest absolute Gasteiger partial charge is 0.224 e. The Morgan fingerprint density at radius 2 is 1.90 bits per heavy atom. The number of carbonyl (C=O) groups is 1. The first-order valence-electron chi connectivity index (χ1n) is 6.44. The van der Waals surface area contributed by atoms with E-state index in [2.05, 4.69) is 33.4 Å². The molecule has 0 fully saturated rings. The molecule has 0 bridgehead atoms. The molecule has 0 saturated carbocycles. The van der Waals surface area contributed by atoms with E-state index in [9.17, 15) is 4.79 Å². The van der Waals surface area contributed by atoms with E-state index in [1.807, 2.05) is 24.3 Å². The highest BCUT2D eigenvalue weighted by Crippen LogP contribution is 2.25. The van der Waals surface area contributed by atoms with Gasteiger partial charge in [-0.15, -0.1) is 0 Å². The first-order chi connectivity index (χ1) is 9.65. The standard InChI is InChI=1S/C16H15BrClNO/c17-13-9-10-15(14(18)11-13)19-16(20)8-4-7-12-5-2-1-3-6-12/h1-3,5-6,9-11H,4,7-8H2,(H,19,20). The number of anilines is 1. The molecule has 0 unspecified atom stereocenters. The van der Waals surface area contributed by atoms with Gasteiger partial charge in [0.25, 0.3) is 0 Å². The van der Waals surface area contributed by atoms with Crippen molar-refractivity contribution in [3.63, 3.8) is 0 Å². The van der Waals surface area contributed by atoms with Crippen molar-refractivity contribution >= 4 is 39.1 Å². The zero-order valence-corrected chi connectivity index (χ0v) is 13.2. The Morgan fingerprint density at radius 1 is 1.15 bits per heavy atom. The summed E-state index contributed by atoms with van der Waals surface area (Å²) in [5.41, 5.74) is 1.90. The van der Waals surface area contributed by atoms with E-state index in [4.69, 9.17) is 11.6 Å². The highest BCUT2D eigenvalue weighted by Gasteiger charge is 2.06. The number of halogens is 2. The van der Waals surface area contributed by atoms with Crippen molar-refractivity contribution in [2.75, 3.05) is 5.32 Å². The van der Waals surface area contributed by atoms with E-state index < -0.39 is 0 Å². The van der Waals surface area contributed by atoms with Gasteiger partial charge < -0.3 is 5.32 Å². The maximum absolute atomic E-state index is 11.9. The second kappa shape index (κ2) is 7.46. The lowest BCUT2D eigenvalue weighted by Gasteiger charge is -2.07. The van der Waals surface area contributed by atoms with Crippen LogP contribution in [0.25, 0.3) is 0 Å². The molecular weight excluding hydrogens is 338 g/mol. The van der Waals surface area contributed by atoms with Crippen LogP contribution in [0.3, 0.4) is 0 Å². The van der Waals surface area contributed by atoms with Gasteiger partial charge in [-0.05, 0) is 36.6 Å². The van der Waals surface area contributed by atoms with E-state index in [1.54, 1.807) is 12.1 Å². The van der Waals surface area contributed by atoms with Gasteiger partial charge in [-0.3, -0.25) is 4.79 Å². The van der Waals surface area contributed by atoms with E-state index >= 15 is 0 Å². The Hall–Kier alpha value is -1.32. The molecule has 0 heterocycles. The minimum atomic E-state index is -0.00912. The molecule has 2 aromatic rings. The van der Waals surface area contributed by atoms with Crippen LogP contribution in [0.2, 0.25) is 5.02 Å². The van der Waals surface area contributed by atoms with Gasteiger partial charge in [0.05, 0.1) is 10.7 Å². The summed E-state index contributed by atoms with van der Waals surface area (Å²) in [6, 6.07) is 15.6. The molecule has 0 aliphatic heterocycles. The van der Waals surface area contributed by atoms with Crippen LogP contribution in [0.5, 0.6) is 0 Å². The van der Waals surface area contributed by atoms with Crippen molar-refractivity contribution in [1.82, 2.24) is 0 Å². The molecule has 20 heavy (non-hydrogen) atoms. The maximum atomic E-state index is 11.9. The summed E-state index contributed by atoms with van der Waals surface area (Å²) in [5, 5.41) is 3.37. The molecule has 0 aliphatic rings. The summed E-state index contributed by atoms with van der Waals surface area (Å²) in [6.07, 6.45) is 2.22. The fraction of sp³-hybridized carbons (Fsp3) is 0.188. The third-order valence-corrected chi connectivity index (χ3v) is 3.72. The van der Waals surface area contributed by atoms with Crippen molar-refractivity contribution in [2.24, 2.45) is 0 Å². The van der Waals surface area contributed by atoms with Crippen LogP contribution >= 0.6 is 27.5 Å². The van der Waals surface area contributed by atoms with Gasteiger partial charge in [-0.2, -0.15) is 0 Å². The van der Waals surface area contributed by atoms with Gasteiger partial charge in [-0.25, -0.2) is 0 Å². The molecule has 0 aliphatic carbocycles. The largest absolute Gasteiger partial charge is 0.325 e. The lowest BCUT2D eigenvalue weighted by Crippen LogP contribution is -2.11. The number of nitrogens with one attached hydrogen (secondary N) is 1. The molecular formula is C16H15BrClNO. The number of benzene rings is 2. The van der Waals surface area contributed by atoms with Crippen molar-refractivity contribution in [3.8, 4) is 0 Å². The van der Waals surface area contributed by atoms with Gasteiger partial charge in [0, 0.05) is 10.9 Å². The summed E-state index contributed by atoms with van der Waals surface area (Å²) >= 11 is 9.39. The number of carbonyl (C=O) groups excluding carboxylic acids is 1. The number of amides is 1. The van der Waals surface area contributed by atoms with Crippen molar-refractivity contribution in [3.05, 3.63) is 63.6 Å². The predicted octanol–water partition coefficient (Wildman–Crippen LogP) is 5.06. The van der Waals surface area contributed by atoms with Gasteiger partial charge in [0.15, 0.2) is 0 Å². The normalized spacial score (nSPS) is 10.3. The zero-order chi connectivity index (χ0) is 14.4. The van der Waals surface area contributed by atoms with Crippen LogP contribution in [0, 0.1) is 0 Å². The Labute approximate surface area is 132 Å². The fourth-order valence-electron chi connectivity index (χ4n) is 1.90. The lowest BCUT2D eigenvalue weighted by molar-refractivity contribution is -0.116. The third-order valence-electron chi connectivity index (χ3n) is 2.92. The second-order valence-electron chi connectivity index (χ2n) is 4.51. The van der Waals surface area contributed by atoms with Crippen LogP contribution in [-0.2, 0) is 11.2 Å². The summed E-state index contributed by atoms with van der Waals surface area (Å²) in [7, 11) is 0. The molecule has 2 nitrogen and oxygen atoms in total. The summed E-state index contributed by atoms with van der Waals surface area (Å²) < 4.78 is 0.893. The predicted molar refractivity (Wildman–Crippen MR) is 87.2 cm³/mol. The molecule has 104 valence electrons. The lowest BCUT2D eigenvalue weighted by atomic mass is 10.1. The molecule has 1 N–H and O–H groups in total. The highest BCUT2D eigenvalue weighted by molar-refractivity contribution is 9.10. The fourth-order valence-corrected chi connectivity index (χ4v) is 2.62. The monoisotopic (exact) mass is 351 g/mol. The SMILES string of the molecule is O=C(CCCc1ccccc1)Nc1ccc(Br)cc1Cl. The van der Waals surface area contributed by atoms with Gasteiger partial charge in [0.1, 0.15) is 0 Å². The van der Waals surface area contributed by atoms with Crippen LogP contribution in [0.1, 0.15) is 18.4 Å². The first-order valence-corrected chi connectivity index (χ1v) is 7.61. The van der Waals surface area contributed by atoms with E-state index in [0.717, 1.165) is 17.3 Å². The molecule has 2 rings (SSSR count). The number of hydrogen-bond donors (Lipinski definition) is 1. The molecule has 0 atom stereocenters. The summed E-state index contributed by atoms with van der Waals surface area (Å²) in [6.45, 7) is 0.